The highest BCUT2D eigenvalue weighted by Gasteiger charge is 2.38. The van der Waals surface area contributed by atoms with Crippen LogP contribution in [0.5, 0.6) is 0 Å². The van der Waals surface area contributed by atoms with E-state index in [-0.39, 0.29) is 12.1 Å². The molecule has 96 valence electrons. The number of hydrogen-bond donors (Lipinski definition) is 1. The molecule has 0 bridgehead atoms. The lowest BCUT2D eigenvalue weighted by Gasteiger charge is -2.12. The Morgan fingerprint density at radius 3 is 2.50 bits per heavy atom. The van der Waals surface area contributed by atoms with Gasteiger partial charge in [-0.15, -0.1) is 0 Å². The predicted molar refractivity (Wildman–Crippen MR) is 59.1 cm³/mol. The minimum absolute atomic E-state index is 0.111. The van der Waals surface area contributed by atoms with Crippen molar-refractivity contribution in [3.63, 3.8) is 0 Å². The van der Waals surface area contributed by atoms with Gasteiger partial charge in [0, 0.05) is 24.5 Å². The Labute approximate surface area is 101 Å². The van der Waals surface area contributed by atoms with E-state index in [0.717, 1.165) is 4.68 Å². The lowest BCUT2D eigenvalue weighted by atomic mass is 10.2. The van der Waals surface area contributed by atoms with Crippen molar-refractivity contribution in [2.45, 2.75) is 12.7 Å². The Morgan fingerprint density at radius 2 is 1.94 bits per heavy atom. The lowest BCUT2D eigenvalue weighted by molar-refractivity contribution is -0.143. The average Bonchev–Trinajstić information content (AvgIpc) is 2.74. The van der Waals surface area contributed by atoms with E-state index >= 15 is 0 Å². The molecule has 7 heteroatoms. The van der Waals surface area contributed by atoms with Crippen molar-refractivity contribution in [3.8, 4) is 5.69 Å². The molecule has 4 nitrogen and oxygen atoms in total. The summed E-state index contributed by atoms with van der Waals surface area (Å²) in [6.45, 7) is 0.111. The molecule has 0 aliphatic rings. The fourth-order valence-corrected chi connectivity index (χ4v) is 1.69. The van der Waals surface area contributed by atoms with E-state index in [1.54, 1.807) is 7.05 Å². The maximum absolute atomic E-state index is 13.0. The number of hydrogen-bond acceptors (Lipinski definition) is 3. The van der Waals surface area contributed by atoms with E-state index < -0.39 is 11.9 Å². The standard InChI is InChI=1S/C11H11F3N4/c1-15-6-8-7-17-18(10(8)11(12,13)14)9-2-4-16-5-3-9/h2-5,7,15H,6H2,1H3. The molecule has 0 saturated carbocycles. The molecule has 0 saturated heterocycles. The third kappa shape index (κ3) is 2.35. The Morgan fingerprint density at radius 1 is 1.28 bits per heavy atom. The van der Waals surface area contributed by atoms with Gasteiger partial charge in [0.05, 0.1) is 11.9 Å². The zero-order chi connectivity index (χ0) is 13.2. The van der Waals surface area contributed by atoms with Crippen LogP contribution in [0.2, 0.25) is 0 Å². The maximum Gasteiger partial charge on any atom is 0.433 e. The lowest BCUT2D eigenvalue weighted by Crippen LogP contribution is -2.17. The quantitative estimate of drug-likeness (QED) is 0.913. The molecule has 0 unspecified atom stereocenters. The van der Waals surface area contributed by atoms with Gasteiger partial charge in [0.15, 0.2) is 5.69 Å². The number of nitrogens with zero attached hydrogens (tertiary/aromatic N) is 3. The number of rotatable bonds is 3. The number of pyridine rings is 1. The molecule has 0 amide bonds. The van der Waals surface area contributed by atoms with E-state index in [2.05, 4.69) is 15.4 Å². The zero-order valence-corrected chi connectivity index (χ0v) is 9.57. The third-order valence-electron chi connectivity index (χ3n) is 2.39. The average molecular weight is 256 g/mol. The largest absolute Gasteiger partial charge is 0.433 e. The molecule has 2 aromatic heterocycles. The summed E-state index contributed by atoms with van der Waals surface area (Å²) in [6.07, 6.45) is -0.379. The minimum Gasteiger partial charge on any atom is -0.316 e. The summed E-state index contributed by atoms with van der Waals surface area (Å²) in [7, 11) is 1.59. The second-order valence-electron chi connectivity index (χ2n) is 3.66. The number of nitrogens with one attached hydrogen (secondary N) is 1. The van der Waals surface area contributed by atoms with Gasteiger partial charge in [-0.25, -0.2) is 4.68 Å². The molecular formula is C11H11F3N4. The van der Waals surface area contributed by atoms with Crippen LogP contribution in [-0.4, -0.2) is 21.8 Å². The fraction of sp³-hybridized carbons (Fsp3) is 0.273. The summed E-state index contributed by atoms with van der Waals surface area (Å²) >= 11 is 0. The summed E-state index contributed by atoms with van der Waals surface area (Å²) in [4.78, 5) is 3.77. The van der Waals surface area contributed by atoms with Crippen molar-refractivity contribution >= 4 is 0 Å². The second kappa shape index (κ2) is 4.77. The summed E-state index contributed by atoms with van der Waals surface area (Å²) in [5.41, 5.74) is -0.315. The van der Waals surface area contributed by atoms with Crippen LogP contribution in [0.3, 0.4) is 0 Å². The van der Waals surface area contributed by atoms with Crippen LogP contribution in [0.25, 0.3) is 5.69 Å². The molecule has 0 aromatic carbocycles. The summed E-state index contributed by atoms with van der Waals surface area (Å²) < 4.78 is 40.0. The number of halogens is 3. The van der Waals surface area contributed by atoms with E-state index in [1.165, 1.54) is 30.7 Å². The molecular weight excluding hydrogens is 245 g/mol. The van der Waals surface area contributed by atoms with Crippen molar-refractivity contribution in [2.24, 2.45) is 0 Å². The first-order valence-electron chi connectivity index (χ1n) is 5.23. The molecule has 1 N–H and O–H groups in total. The van der Waals surface area contributed by atoms with Gasteiger partial charge in [-0.2, -0.15) is 18.3 Å². The molecule has 2 aromatic rings. The monoisotopic (exact) mass is 256 g/mol. The molecule has 18 heavy (non-hydrogen) atoms. The molecule has 0 fully saturated rings. The smallest absolute Gasteiger partial charge is 0.316 e. The summed E-state index contributed by atoms with van der Waals surface area (Å²) in [5, 5.41) is 6.50. The van der Waals surface area contributed by atoms with Gasteiger partial charge >= 0.3 is 6.18 Å². The first kappa shape index (κ1) is 12.6. The van der Waals surface area contributed by atoms with Crippen LogP contribution in [-0.2, 0) is 12.7 Å². The van der Waals surface area contributed by atoms with Gasteiger partial charge in [0.25, 0.3) is 0 Å². The molecule has 2 heterocycles. The zero-order valence-electron chi connectivity index (χ0n) is 9.57. The van der Waals surface area contributed by atoms with Crippen molar-refractivity contribution in [1.29, 1.82) is 0 Å². The van der Waals surface area contributed by atoms with Crippen LogP contribution in [0.15, 0.2) is 30.7 Å². The highest BCUT2D eigenvalue weighted by Crippen LogP contribution is 2.33. The van der Waals surface area contributed by atoms with Gasteiger partial charge in [0.1, 0.15) is 0 Å². The van der Waals surface area contributed by atoms with E-state index in [4.69, 9.17) is 0 Å². The van der Waals surface area contributed by atoms with Crippen molar-refractivity contribution in [2.75, 3.05) is 7.05 Å². The number of alkyl halides is 3. The Hall–Kier alpha value is -1.89. The molecule has 0 radical (unpaired) electrons. The highest BCUT2D eigenvalue weighted by atomic mass is 19.4. The SMILES string of the molecule is CNCc1cnn(-c2ccncc2)c1C(F)(F)F. The minimum atomic E-state index is -4.45. The molecule has 0 atom stereocenters. The summed E-state index contributed by atoms with van der Waals surface area (Å²) in [6, 6.07) is 2.96. The molecule has 0 spiro atoms. The Balaban J connectivity index is 2.55. The van der Waals surface area contributed by atoms with Crippen LogP contribution in [0.4, 0.5) is 13.2 Å². The van der Waals surface area contributed by atoms with Crippen LogP contribution >= 0.6 is 0 Å². The van der Waals surface area contributed by atoms with Crippen LogP contribution in [0, 0.1) is 0 Å². The third-order valence-corrected chi connectivity index (χ3v) is 2.39. The molecule has 2 rings (SSSR count). The van der Waals surface area contributed by atoms with Gasteiger partial charge in [-0.3, -0.25) is 4.98 Å². The first-order valence-corrected chi connectivity index (χ1v) is 5.23. The van der Waals surface area contributed by atoms with E-state index in [1.807, 2.05) is 0 Å². The maximum atomic E-state index is 13.0. The van der Waals surface area contributed by atoms with E-state index in [0.29, 0.717) is 5.69 Å². The molecule has 0 aliphatic heterocycles. The van der Waals surface area contributed by atoms with Crippen molar-refractivity contribution in [1.82, 2.24) is 20.1 Å². The summed E-state index contributed by atoms with van der Waals surface area (Å²) in [5.74, 6) is 0. The predicted octanol–water partition coefficient (Wildman–Crippen LogP) is 2.01. The van der Waals surface area contributed by atoms with Crippen molar-refractivity contribution in [3.05, 3.63) is 42.0 Å². The number of aromatic nitrogens is 3. The second-order valence-corrected chi connectivity index (χ2v) is 3.66. The van der Waals surface area contributed by atoms with Crippen molar-refractivity contribution < 1.29 is 13.2 Å². The topological polar surface area (TPSA) is 42.7 Å². The van der Waals surface area contributed by atoms with Gasteiger partial charge in [-0.1, -0.05) is 0 Å². The van der Waals surface area contributed by atoms with Gasteiger partial charge in [-0.05, 0) is 19.2 Å². The highest BCUT2D eigenvalue weighted by molar-refractivity contribution is 5.34. The fourth-order valence-electron chi connectivity index (χ4n) is 1.69. The van der Waals surface area contributed by atoms with E-state index in [9.17, 15) is 13.2 Å². The normalized spacial score (nSPS) is 11.8. The van der Waals surface area contributed by atoms with Gasteiger partial charge < -0.3 is 5.32 Å². The van der Waals surface area contributed by atoms with Gasteiger partial charge in [0.2, 0.25) is 0 Å². The first-order chi connectivity index (χ1) is 8.54. The van der Waals surface area contributed by atoms with Crippen LogP contribution in [0.1, 0.15) is 11.3 Å². The Kier molecular flexibility index (Phi) is 3.33. The Bertz CT molecular complexity index is 519. The van der Waals surface area contributed by atoms with Crippen LogP contribution < -0.4 is 5.32 Å². The molecule has 0 aliphatic carbocycles.